The molecule has 3 heterocycles. The normalized spacial score (nSPS) is 16.7. The van der Waals surface area contributed by atoms with Crippen LogP contribution in [0.25, 0.3) is 10.2 Å². The molecular formula is C23H26F2N4O3S2. The van der Waals surface area contributed by atoms with Crippen molar-refractivity contribution >= 4 is 55.6 Å². The Bertz CT molecular complexity index is 1250. The maximum atomic E-state index is 14.7. The first kappa shape index (κ1) is 24.3. The molecule has 182 valence electrons. The summed E-state index contributed by atoms with van der Waals surface area (Å²) in [5, 5.41) is 3.90. The third-order valence-electron chi connectivity index (χ3n) is 5.26. The largest absolute Gasteiger partial charge is 0.444 e. The maximum absolute atomic E-state index is 14.7. The predicted molar refractivity (Wildman–Crippen MR) is 131 cm³/mol. The van der Waals surface area contributed by atoms with E-state index >= 15 is 0 Å². The summed E-state index contributed by atoms with van der Waals surface area (Å²) in [6.45, 7) is 10.5. The minimum atomic E-state index is -0.644. The number of nitrogens with zero attached hydrogens (tertiary/aromatic N) is 3. The molecule has 11 heteroatoms. The number of carbonyl (C=O) groups excluding carboxylic acids is 2. The molecule has 2 aromatic heterocycles. The smallest absolute Gasteiger partial charge is 0.410 e. The molecule has 1 unspecified atom stereocenters. The fourth-order valence-corrected chi connectivity index (χ4v) is 5.62. The van der Waals surface area contributed by atoms with Crippen LogP contribution in [0.3, 0.4) is 0 Å². The van der Waals surface area contributed by atoms with Gasteiger partial charge in [-0.1, -0.05) is 0 Å². The molecule has 1 fully saturated rings. The van der Waals surface area contributed by atoms with E-state index in [1.165, 1.54) is 23.5 Å². The van der Waals surface area contributed by atoms with Crippen LogP contribution in [0, 0.1) is 18.6 Å². The van der Waals surface area contributed by atoms with Crippen LogP contribution in [0.2, 0.25) is 0 Å². The summed E-state index contributed by atoms with van der Waals surface area (Å²) in [5.74, 6) is -1.83. The Morgan fingerprint density at radius 1 is 1.15 bits per heavy atom. The van der Waals surface area contributed by atoms with E-state index in [2.05, 4.69) is 10.3 Å². The van der Waals surface area contributed by atoms with Crippen molar-refractivity contribution in [2.75, 3.05) is 29.9 Å². The van der Waals surface area contributed by atoms with Crippen molar-refractivity contribution in [3.8, 4) is 0 Å². The number of fused-ring (bicyclic) bond motifs is 1. The number of aryl methyl sites for hydroxylation is 1. The highest BCUT2D eigenvalue weighted by Gasteiger charge is 2.32. The van der Waals surface area contributed by atoms with E-state index in [4.69, 9.17) is 4.74 Å². The minimum Gasteiger partial charge on any atom is -0.444 e. The first-order valence-electron chi connectivity index (χ1n) is 10.8. The van der Waals surface area contributed by atoms with Gasteiger partial charge < -0.3 is 19.9 Å². The van der Waals surface area contributed by atoms with Crippen molar-refractivity contribution < 1.29 is 23.1 Å². The number of thiazole rings is 1. The van der Waals surface area contributed by atoms with Gasteiger partial charge in [0.15, 0.2) is 5.82 Å². The van der Waals surface area contributed by atoms with Crippen LogP contribution >= 0.6 is 22.7 Å². The van der Waals surface area contributed by atoms with Gasteiger partial charge in [-0.05, 0) is 46.8 Å². The summed E-state index contributed by atoms with van der Waals surface area (Å²) >= 11 is 2.34. The Morgan fingerprint density at radius 3 is 2.56 bits per heavy atom. The lowest BCUT2D eigenvalue weighted by Gasteiger charge is -2.40. The number of carbonyl (C=O) groups is 2. The van der Waals surface area contributed by atoms with Gasteiger partial charge in [-0.2, -0.15) is 0 Å². The number of halogens is 2. The van der Waals surface area contributed by atoms with E-state index in [0.717, 1.165) is 11.3 Å². The zero-order valence-corrected chi connectivity index (χ0v) is 21.2. The lowest BCUT2D eigenvalue weighted by Crippen LogP contribution is -2.55. The Kier molecular flexibility index (Phi) is 6.52. The lowest BCUT2D eigenvalue weighted by atomic mass is 10.2. The van der Waals surface area contributed by atoms with Crippen molar-refractivity contribution in [1.82, 2.24) is 9.88 Å². The molecule has 4 rings (SSSR count). The molecule has 7 nitrogen and oxygen atoms in total. The van der Waals surface area contributed by atoms with E-state index in [-0.39, 0.29) is 28.2 Å². The highest BCUT2D eigenvalue weighted by Crippen LogP contribution is 2.33. The topological polar surface area (TPSA) is 74.8 Å². The number of rotatable bonds is 3. The van der Waals surface area contributed by atoms with Crippen LogP contribution in [0.4, 0.5) is 24.3 Å². The van der Waals surface area contributed by atoms with Crippen LogP contribution in [-0.4, -0.2) is 53.2 Å². The minimum absolute atomic E-state index is 0.0850. The molecule has 0 bridgehead atoms. The number of anilines is 2. The van der Waals surface area contributed by atoms with Gasteiger partial charge in [-0.25, -0.2) is 18.6 Å². The third kappa shape index (κ3) is 5.15. The summed E-state index contributed by atoms with van der Waals surface area (Å²) in [4.78, 5) is 32.9. The summed E-state index contributed by atoms with van der Waals surface area (Å²) < 4.78 is 35.1. The molecule has 1 aliphatic heterocycles. The number of thiophene rings is 1. The van der Waals surface area contributed by atoms with Crippen LogP contribution in [0.15, 0.2) is 18.2 Å². The van der Waals surface area contributed by atoms with Crippen molar-refractivity contribution in [1.29, 1.82) is 0 Å². The van der Waals surface area contributed by atoms with E-state index < -0.39 is 23.1 Å². The van der Waals surface area contributed by atoms with Gasteiger partial charge in [0, 0.05) is 37.4 Å². The Hall–Kier alpha value is -2.79. The summed E-state index contributed by atoms with van der Waals surface area (Å²) in [6.07, 6.45) is -0.377. The first-order chi connectivity index (χ1) is 15.9. The Labute approximate surface area is 204 Å². The van der Waals surface area contributed by atoms with E-state index in [1.807, 2.05) is 32.6 Å². The van der Waals surface area contributed by atoms with Crippen molar-refractivity contribution in [3.63, 3.8) is 0 Å². The summed E-state index contributed by atoms with van der Waals surface area (Å²) in [6, 6.07) is 3.99. The van der Waals surface area contributed by atoms with Crippen molar-refractivity contribution in [2.45, 2.75) is 46.3 Å². The molecule has 0 aliphatic carbocycles. The van der Waals surface area contributed by atoms with Gasteiger partial charge >= 0.3 is 6.09 Å². The van der Waals surface area contributed by atoms with Gasteiger partial charge in [-0.15, -0.1) is 22.7 Å². The molecule has 0 spiro atoms. The van der Waals surface area contributed by atoms with E-state index in [9.17, 15) is 18.4 Å². The molecule has 1 aromatic carbocycles. The highest BCUT2D eigenvalue weighted by molar-refractivity contribution is 7.18. The van der Waals surface area contributed by atoms with E-state index in [1.54, 1.807) is 17.9 Å². The zero-order chi connectivity index (χ0) is 24.8. The Balaban J connectivity index is 1.45. The molecule has 1 atom stereocenters. The number of piperazine rings is 1. The summed E-state index contributed by atoms with van der Waals surface area (Å²) in [5.41, 5.74) is -0.0864. The van der Waals surface area contributed by atoms with Crippen LogP contribution < -0.4 is 10.2 Å². The standard InChI is InChI=1S/C23H26F2N4O3S2/c1-12-11-28(6-7-29(12)22(31)32-23(3,4)5)18-10-16(25)20(34-18)21(30)27-14-8-15(24)19-17(9-14)33-13(2)26-19/h8-10,12H,6-7,11H2,1-5H3,(H,27,30). The van der Waals surface area contributed by atoms with Crippen LogP contribution in [-0.2, 0) is 4.74 Å². The van der Waals surface area contributed by atoms with Gasteiger partial charge in [-0.3, -0.25) is 4.79 Å². The molecule has 34 heavy (non-hydrogen) atoms. The third-order valence-corrected chi connectivity index (χ3v) is 7.35. The molecule has 3 aromatic rings. The molecule has 1 saturated heterocycles. The van der Waals surface area contributed by atoms with Gasteiger partial charge in [0.1, 0.15) is 21.8 Å². The number of nitrogens with one attached hydrogen (secondary N) is 1. The average molecular weight is 509 g/mol. The monoisotopic (exact) mass is 508 g/mol. The number of benzene rings is 1. The van der Waals surface area contributed by atoms with E-state index in [0.29, 0.717) is 34.3 Å². The van der Waals surface area contributed by atoms with Gasteiger partial charge in [0.25, 0.3) is 5.91 Å². The number of aromatic nitrogens is 1. The second-order valence-electron chi connectivity index (χ2n) is 9.22. The SMILES string of the molecule is Cc1nc2c(F)cc(NC(=O)c3sc(N4CCN(C(=O)OC(C)(C)C)C(C)C4)cc3F)cc2s1. The highest BCUT2D eigenvalue weighted by atomic mass is 32.1. The lowest BCUT2D eigenvalue weighted by molar-refractivity contribution is 0.0159. The number of amides is 2. The fraction of sp³-hybridized carbons (Fsp3) is 0.435. The number of hydrogen-bond donors (Lipinski definition) is 1. The molecule has 1 N–H and O–H groups in total. The fourth-order valence-electron chi connectivity index (χ4n) is 3.78. The molecule has 2 amide bonds. The number of hydrogen-bond acceptors (Lipinski definition) is 7. The quantitative estimate of drug-likeness (QED) is 0.495. The maximum Gasteiger partial charge on any atom is 0.410 e. The van der Waals surface area contributed by atoms with Gasteiger partial charge in [0.05, 0.1) is 14.7 Å². The second kappa shape index (κ2) is 9.10. The van der Waals surface area contributed by atoms with Crippen molar-refractivity contribution in [3.05, 3.63) is 39.7 Å². The predicted octanol–water partition coefficient (Wildman–Crippen LogP) is 5.64. The zero-order valence-electron chi connectivity index (χ0n) is 19.6. The molecule has 0 radical (unpaired) electrons. The number of ether oxygens (including phenoxy) is 1. The molecular weight excluding hydrogens is 482 g/mol. The first-order valence-corrected chi connectivity index (χ1v) is 12.5. The average Bonchev–Trinajstić information content (AvgIpc) is 3.29. The molecule has 0 saturated carbocycles. The second-order valence-corrected chi connectivity index (χ2v) is 11.5. The van der Waals surface area contributed by atoms with Crippen molar-refractivity contribution in [2.24, 2.45) is 0 Å². The summed E-state index contributed by atoms with van der Waals surface area (Å²) in [7, 11) is 0. The molecule has 1 aliphatic rings. The van der Waals surface area contributed by atoms with Crippen LogP contribution in [0.5, 0.6) is 0 Å². The Morgan fingerprint density at radius 2 is 1.88 bits per heavy atom. The van der Waals surface area contributed by atoms with Gasteiger partial charge in [0.2, 0.25) is 0 Å². The van der Waals surface area contributed by atoms with Crippen LogP contribution in [0.1, 0.15) is 42.4 Å².